The van der Waals surface area contributed by atoms with E-state index in [1.165, 1.54) is 19.2 Å². The smallest absolute Gasteiger partial charge is 0.344 e. The molecule has 1 aromatic carbocycles. The number of hydrogen-bond acceptors (Lipinski definition) is 4. The van der Waals surface area contributed by atoms with E-state index in [4.69, 9.17) is 37.8 Å². The molecule has 2 aromatic rings. The Morgan fingerprint density at radius 1 is 1.23 bits per heavy atom. The molecule has 5 nitrogen and oxygen atoms in total. The Bertz CT molecular complexity index is 652. The summed E-state index contributed by atoms with van der Waals surface area (Å²) in [6.07, 6.45) is 0.499. The zero-order chi connectivity index (χ0) is 15.4. The normalized spacial score (nSPS) is 11.2. The van der Waals surface area contributed by atoms with Crippen molar-refractivity contribution >= 4 is 58.7 Å². The Balaban J connectivity index is 0.00000242. The molecule has 0 aliphatic heterocycles. The summed E-state index contributed by atoms with van der Waals surface area (Å²) in [5, 5.41) is 9.47. The number of carboxylic acids is 1. The molecular formula is C14H11Cl2NNaO4. The molecule has 2 rings (SSSR count). The molecule has 22 heavy (non-hydrogen) atoms. The average Bonchev–Trinajstić information content (AvgIpc) is 2.43. The minimum atomic E-state index is -1.03. The maximum atomic E-state index is 10.7. The zero-order valence-electron chi connectivity index (χ0n) is 11.9. The summed E-state index contributed by atoms with van der Waals surface area (Å²) >= 11 is 11.7. The maximum absolute atomic E-state index is 10.7. The maximum Gasteiger partial charge on any atom is 0.344 e. The molecule has 0 bridgehead atoms. The van der Waals surface area contributed by atoms with E-state index < -0.39 is 12.1 Å². The first-order chi connectivity index (χ1) is 9.95. The van der Waals surface area contributed by atoms with Crippen molar-refractivity contribution in [3.8, 4) is 17.4 Å². The van der Waals surface area contributed by atoms with Gasteiger partial charge in [0.05, 0.1) is 5.02 Å². The monoisotopic (exact) mass is 350 g/mol. The van der Waals surface area contributed by atoms with Crippen molar-refractivity contribution < 1.29 is 19.4 Å². The van der Waals surface area contributed by atoms with Crippen molar-refractivity contribution in [2.45, 2.75) is 13.0 Å². The van der Waals surface area contributed by atoms with Gasteiger partial charge in [0.2, 0.25) is 5.88 Å². The molecule has 1 heterocycles. The second-order valence-electron chi connectivity index (χ2n) is 4.11. The van der Waals surface area contributed by atoms with Gasteiger partial charge in [0.15, 0.2) is 6.10 Å². The minimum absolute atomic E-state index is 0. The van der Waals surface area contributed by atoms with Gasteiger partial charge >= 0.3 is 5.97 Å². The predicted octanol–water partition coefficient (Wildman–Crippen LogP) is 3.65. The molecule has 1 N–H and O–H groups in total. The Morgan fingerprint density at radius 3 is 2.36 bits per heavy atom. The van der Waals surface area contributed by atoms with Crippen molar-refractivity contribution in [1.29, 1.82) is 0 Å². The third kappa shape index (κ3) is 5.34. The van der Waals surface area contributed by atoms with E-state index in [0.29, 0.717) is 21.5 Å². The van der Waals surface area contributed by atoms with E-state index in [9.17, 15) is 4.79 Å². The Hall–Kier alpha value is -0.980. The SMILES string of the molecule is CC(Oc1ccc(Oc2ncc(Cl)cc2Cl)cc1)C(=O)O.[Na]. The minimum Gasteiger partial charge on any atom is -0.479 e. The van der Waals surface area contributed by atoms with Crippen LogP contribution in [0, 0.1) is 0 Å². The second kappa shape index (κ2) is 8.60. The molecule has 0 aliphatic rings. The van der Waals surface area contributed by atoms with Crippen molar-refractivity contribution in [3.63, 3.8) is 0 Å². The summed E-state index contributed by atoms with van der Waals surface area (Å²) in [5.74, 6) is 0.107. The number of benzene rings is 1. The quantitative estimate of drug-likeness (QED) is 0.833. The molecule has 0 spiro atoms. The first-order valence-electron chi connectivity index (χ1n) is 5.94. The van der Waals surface area contributed by atoms with Crippen LogP contribution in [0.4, 0.5) is 0 Å². The van der Waals surface area contributed by atoms with Gasteiger partial charge in [-0.15, -0.1) is 0 Å². The Kier molecular flexibility index (Phi) is 7.45. The molecule has 1 unspecified atom stereocenters. The number of carboxylic acid groups (broad SMARTS) is 1. The van der Waals surface area contributed by atoms with Crippen molar-refractivity contribution in [2.75, 3.05) is 0 Å². The largest absolute Gasteiger partial charge is 0.479 e. The molecule has 0 aliphatic carbocycles. The van der Waals surface area contributed by atoms with E-state index in [1.54, 1.807) is 24.3 Å². The van der Waals surface area contributed by atoms with Crippen LogP contribution in [0.25, 0.3) is 0 Å². The van der Waals surface area contributed by atoms with E-state index in [-0.39, 0.29) is 35.4 Å². The molecule has 0 saturated heterocycles. The number of hydrogen-bond donors (Lipinski definition) is 1. The summed E-state index contributed by atoms with van der Waals surface area (Å²) in [5.41, 5.74) is 0. The number of aromatic nitrogens is 1. The van der Waals surface area contributed by atoms with Crippen LogP contribution in [0.5, 0.6) is 17.4 Å². The fraction of sp³-hybridized carbons (Fsp3) is 0.143. The fourth-order valence-corrected chi connectivity index (χ4v) is 1.85. The molecule has 1 aromatic heterocycles. The molecule has 1 radical (unpaired) electrons. The summed E-state index contributed by atoms with van der Waals surface area (Å²) in [4.78, 5) is 14.7. The van der Waals surface area contributed by atoms with Crippen LogP contribution in [0.1, 0.15) is 6.92 Å². The molecule has 8 heteroatoms. The van der Waals surface area contributed by atoms with Crippen LogP contribution in [0.3, 0.4) is 0 Å². The first kappa shape index (κ1) is 19.1. The number of rotatable bonds is 5. The number of pyridine rings is 1. The number of aliphatic carboxylic acids is 1. The number of ether oxygens (including phenoxy) is 2. The van der Waals surface area contributed by atoms with Crippen LogP contribution < -0.4 is 9.47 Å². The van der Waals surface area contributed by atoms with Gasteiger partial charge < -0.3 is 14.6 Å². The van der Waals surface area contributed by atoms with Gasteiger partial charge in [-0.05, 0) is 37.3 Å². The first-order valence-corrected chi connectivity index (χ1v) is 6.69. The fourth-order valence-electron chi connectivity index (χ4n) is 1.43. The number of carbonyl (C=O) groups is 1. The van der Waals surface area contributed by atoms with Crippen molar-refractivity contribution in [1.82, 2.24) is 4.98 Å². The van der Waals surface area contributed by atoms with Gasteiger partial charge in [0.1, 0.15) is 16.5 Å². The molecule has 0 saturated carbocycles. The van der Waals surface area contributed by atoms with Gasteiger partial charge in [-0.2, -0.15) is 0 Å². The average molecular weight is 351 g/mol. The van der Waals surface area contributed by atoms with Crippen LogP contribution in [-0.2, 0) is 4.79 Å². The van der Waals surface area contributed by atoms with Gasteiger partial charge in [-0.1, -0.05) is 23.2 Å². The van der Waals surface area contributed by atoms with E-state index >= 15 is 0 Å². The van der Waals surface area contributed by atoms with E-state index in [2.05, 4.69) is 4.98 Å². The third-order valence-corrected chi connectivity index (χ3v) is 2.95. The van der Waals surface area contributed by atoms with Gasteiger partial charge in [-0.3, -0.25) is 0 Å². The number of halogens is 2. The topological polar surface area (TPSA) is 68.7 Å². The second-order valence-corrected chi connectivity index (χ2v) is 4.96. The Labute approximate surface area is 159 Å². The van der Waals surface area contributed by atoms with Crippen molar-refractivity contribution in [2.24, 2.45) is 0 Å². The summed E-state index contributed by atoms with van der Waals surface area (Å²) in [7, 11) is 0. The van der Waals surface area contributed by atoms with Gasteiger partial charge in [0.25, 0.3) is 0 Å². The van der Waals surface area contributed by atoms with E-state index in [0.717, 1.165) is 0 Å². The predicted molar refractivity (Wildman–Crippen MR) is 84.3 cm³/mol. The van der Waals surface area contributed by atoms with Crippen LogP contribution in [-0.4, -0.2) is 51.7 Å². The standard InChI is InChI=1S/C14H11Cl2NO4.Na/c1-8(14(18)19)20-10-2-4-11(5-3-10)21-13-12(16)6-9(15)7-17-13;/h2-8H,1H3,(H,18,19);. The van der Waals surface area contributed by atoms with E-state index in [1.807, 2.05) is 0 Å². The van der Waals surface area contributed by atoms with Gasteiger partial charge in [0, 0.05) is 35.8 Å². The molecule has 0 fully saturated rings. The van der Waals surface area contributed by atoms with Crippen LogP contribution in [0.15, 0.2) is 36.5 Å². The third-order valence-electron chi connectivity index (χ3n) is 2.47. The van der Waals surface area contributed by atoms with Crippen LogP contribution in [0.2, 0.25) is 10.0 Å². The Morgan fingerprint density at radius 2 is 1.82 bits per heavy atom. The number of nitrogens with zero attached hydrogens (tertiary/aromatic N) is 1. The van der Waals surface area contributed by atoms with Crippen LogP contribution >= 0.6 is 23.2 Å². The molecular weight excluding hydrogens is 340 g/mol. The molecule has 111 valence electrons. The molecule has 1 atom stereocenters. The molecule has 0 amide bonds. The zero-order valence-corrected chi connectivity index (χ0v) is 15.4. The van der Waals surface area contributed by atoms with Crippen molar-refractivity contribution in [3.05, 3.63) is 46.6 Å². The van der Waals surface area contributed by atoms with Gasteiger partial charge in [-0.25, -0.2) is 9.78 Å². The summed E-state index contributed by atoms with van der Waals surface area (Å²) in [6, 6.07) is 7.96. The summed E-state index contributed by atoms with van der Waals surface area (Å²) < 4.78 is 10.7. The summed E-state index contributed by atoms with van der Waals surface area (Å²) in [6.45, 7) is 1.45.